The molecule has 3 heteroatoms. The van der Waals surface area contributed by atoms with Gasteiger partial charge in [-0.2, -0.15) is 0 Å². The van der Waals surface area contributed by atoms with Crippen molar-refractivity contribution < 1.29 is 0 Å². The van der Waals surface area contributed by atoms with Gasteiger partial charge >= 0.3 is 0 Å². The molecule has 1 saturated heterocycles. The normalized spacial score (nSPS) is 20.9. The van der Waals surface area contributed by atoms with Gasteiger partial charge in [-0.25, -0.2) is 0 Å². The molecule has 1 aromatic carbocycles. The van der Waals surface area contributed by atoms with Crippen LogP contribution >= 0.6 is 22.6 Å². The lowest BCUT2D eigenvalue weighted by Crippen LogP contribution is -2.39. The van der Waals surface area contributed by atoms with Crippen molar-refractivity contribution in [1.82, 2.24) is 10.2 Å². The molecule has 0 radical (unpaired) electrons. The maximum Gasteiger partial charge on any atom is 0.0320 e. The Bertz CT molecular complexity index is 371. The molecule has 0 spiro atoms. The molecule has 2 nitrogen and oxygen atoms in total. The lowest BCUT2D eigenvalue weighted by molar-refractivity contribution is 0.192. The average Bonchev–Trinajstić information content (AvgIpc) is 2.91. The molecule has 1 heterocycles. The van der Waals surface area contributed by atoms with Crippen molar-refractivity contribution in [3.05, 3.63) is 33.4 Å². The summed E-state index contributed by atoms with van der Waals surface area (Å²) in [5.41, 5.74) is 1.44. The van der Waals surface area contributed by atoms with Crippen LogP contribution < -0.4 is 5.32 Å². The highest BCUT2D eigenvalue weighted by atomic mass is 127. The number of nitrogens with one attached hydrogen (secondary N) is 1. The Kier molecular flexibility index (Phi) is 6.10. The molecule has 1 aliphatic heterocycles. The molecular formula is C16H25IN2. The summed E-state index contributed by atoms with van der Waals surface area (Å²) in [7, 11) is 0. The zero-order chi connectivity index (χ0) is 13.7. The summed E-state index contributed by atoms with van der Waals surface area (Å²) >= 11 is 2.37. The van der Waals surface area contributed by atoms with Crippen LogP contribution in [0.25, 0.3) is 0 Å². The van der Waals surface area contributed by atoms with Crippen molar-refractivity contribution in [3.8, 4) is 0 Å². The zero-order valence-corrected chi connectivity index (χ0v) is 14.2. The van der Waals surface area contributed by atoms with Crippen LogP contribution in [-0.2, 0) is 0 Å². The van der Waals surface area contributed by atoms with Gasteiger partial charge in [0.05, 0.1) is 0 Å². The van der Waals surface area contributed by atoms with E-state index in [9.17, 15) is 0 Å². The van der Waals surface area contributed by atoms with Crippen LogP contribution in [0.5, 0.6) is 0 Å². The van der Waals surface area contributed by atoms with Crippen molar-refractivity contribution in [3.63, 3.8) is 0 Å². The van der Waals surface area contributed by atoms with Crippen LogP contribution in [0, 0.1) is 3.57 Å². The molecule has 0 amide bonds. The molecule has 1 N–H and O–H groups in total. The maximum absolute atomic E-state index is 3.62. The van der Waals surface area contributed by atoms with Crippen LogP contribution in [0.1, 0.15) is 44.7 Å². The van der Waals surface area contributed by atoms with Crippen molar-refractivity contribution >= 4 is 22.6 Å². The minimum absolute atomic E-state index is 0.513. The van der Waals surface area contributed by atoms with Crippen LogP contribution in [0.2, 0.25) is 0 Å². The van der Waals surface area contributed by atoms with Crippen molar-refractivity contribution in [2.45, 2.75) is 45.2 Å². The largest absolute Gasteiger partial charge is 0.313 e. The molecule has 106 valence electrons. The maximum atomic E-state index is 3.62. The molecule has 0 aliphatic carbocycles. The number of halogens is 1. The molecule has 0 saturated carbocycles. The molecule has 1 aromatic rings. The summed E-state index contributed by atoms with van der Waals surface area (Å²) in [4.78, 5) is 2.63. The second kappa shape index (κ2) is 7.60. The quantitative estimate of drug-likeness (QED) is 0.764. The van der Waals surface area contributed by atoms with E-state index in [1.54, 1.807) is 0 Å². The fourth-order valence-electron chi connectivity index (χ4n) is 2.88. The SMILES string of the molecule is CCCN(CC1CCCN1)C(C)c1ccc(I)cc1. The molecule has 19 heavy (non-hydrogen) atoms. The Balaban J connectivity index is 2.01. The Labute approximate surface area is 131 Å². The van der Waals surface area contributed by atoms with E-state index in [0.717, 1.165) is 0 Å². The number of nitrogens with zero attached hydrogens (tertiary/aromatic N) is 1. The van der Waals surface area contributed by atoms with Gasteiger partial charge in [0, 0.05) is 22.2 Å². The number of hydrogen-bond donors (Lipinski definition) is 1. The smallest absolute Gasteiger partial charge is 0.0320 e. The van der Waals surface area contributed by atoms with Gasteiger partial charge in [0.1, 0.15) is 0 Å². The van der Waals surface area contributed by atoms with Gasteiger partial charge in [0.15, 0.2) is 0 Å². The van der Waals surface area contributed by atoms with Gasteiger partial charge in [0.25, 0.3) is 0 Å². The van der Waals surface area contributed by atoms with Crippen LogP contribution in [0.3, 0.4) is 0 Å². The fraction of sp³-hybridized carbons (Fsp3) is 0.625. The molecule has 2 rings (SSSR count). The van der Waals surface area contributed by atoms with Crippen molar-refractivity contribution in [2.75, 3.05) is 19.6 Å². The highest BCUT2D eigenvalue weighted by molar-refractivity contribution is 14.1. The first-order chi connectivity index (χ1) is 9.20. The van der Waals surface area contributed by atoms with E-state index in [-0.39, 0.29) is 0 Å². The van der Waals surface area contributed by atoms with Crippen molar-refractivity contribution in [2.24, 2.45) is 0 Å². The molecule has 1 fully saturated rings. The van der Waals surface area contributed by atoms with Crippen LogP contribution in [0.4, 0.5) is 0 Å². The predicted molar refractivity (Wildman–Crippen MR) is 90.5 cm³/mol. The third-order valence-corrected chi connectivity index (χ3v) is 4.75. The number of benzene rings is 1. The first-order valence-corrected chi connectivity index (χ1v) is 8.51. The molecule has 2 atom stereocenters. The first kappa shape index (κ1) is 15.3. The summed E-state index contributed by atoms with van der Waals surface area (Å²) in [5.74, 6) is 0. The summed E-state index contributed by atoms with van der Waals surface area (Å²) < 4.78 is 1.31. The number of rotatable bonds is 6. The van der Waals surface area contributed by atoms with Gasteiger partial charge in [-0.15, -0.1) is 0 Å². The van der Waals surface area contributed by atoms with Gasteiger partial charge in [-0.3, -0.25) is 4.90 Å². The van der Waals surface area contributed by atoms with E-state index in [2.05, 4.69) is 70.9 Å². The van der Waals surface area contributed by atoms with E-state index in [1.165, 1.54) is 48.0 Å². The van der Waals surface area contributed by atoms with E-state index in [1.807, 2.05) is 0 Å². The first-order valence-electron chi connectivity index (χ1n) is 7.43. The Morgan fingerprint density at radius 3 is 2.68 bits per heavy atom. The summed E-state index contributed by atoms with van der Waals surface area (Å²) in [6.07, 6.45) is 3.89. The van der Waals surface area contributed by atoms with Crippen molar-refractivity contribution in [1.29, 1.82) is 0 Å². The average molecular weight is 372 g/mol. The lowest BCUT2D eigenvalue weighted by Gasteiger charge is -2.31. The van der Waals surface area contributed by atoms with E-state index in [0.29, 0.717) is 12.1 Å². The lowest BCUT2D eigenvalue weighted by atomic mass is 10.1. The standard InChI is InChI=1S/C16H25IN2/c1-3-11-19(12-16-5-4-10-18-16)13(2)14-6-8-15(17)9-7-14/h6-9,13,16,18H,3-5,10-12H2,1-2H3. The summed E-state index contributed by atoms with van der Waals surface area (Å²) in [5, 5.41) is 3.62. The Morgan fingerprint density at radius 1 is 1.37 bits per heavy atom. The summed E-state index contributed by atoms with van der Waals surface area (Å²) in [6, 6.07) is 10.2. The van der Waals surface area contributed by atoms with Gasteiger partial charge in [-0.1, -0.05) is 19.1 Å². The Hall–Kier alpha value is -0.130. The highest BCUT2D eigenvalue weighted by Crippen LogP contribution is 2.22. The minimum Gasteiger partial charge on any atom is -0.313 e. The monoisotopic (exact) mass is 372 g/mol. The van der Waals surface area contributed by atoms with Gasteiger partial charge < -0.3 is 5.32 Å². The molecular weight excluding hydrogens is 347 g/mol. The highest BCUT2D eigenvalue weighted by Gasteiger charge is 2.21. The molecule has 0 aromatic heterocycles. The van der Waals surface area contributed by atoms with Crippen LogP contribution in [0.15, 0.2) is 24.3 Å². The van der Waals surface area contributed by atoms with Gasteiger partial charge in [0.2, 0.25) is 0 Å². The second-order valence-corrected chi connectivity index (χ2v) is 6.76. The fourth-order valence-corrected chi connectivity index (χ4v) is 3.24. The zero-order valence-electron chi connectivity index (χ0n) is 12.0. The summed E-state index contributed by atoms with van der Waals surface area (Å²) in [6.45, 7) is 8.18. The van der Waals surface area contributed by atoms with E-state index < -0.39 is 0 Å². The predicted octanol–water partition coefficient (Wildman–Crippen LogP) is 3.82. The van der Waals surface area contributed by atoms with E-state index >= 15 is 0 Å². The third-order valence-electron chi connectivity index (χ3n) is 4.03. The molecule has 2 unspecified atom stereocenters. The molecule has 1 aliphatic rings. The topological polar surface area (TPSA) is 15.3 Å². The molecule has 0 bridgehead atoms. The van der Waals surface area contributed by atoms with Crippen LogP contribution in [-0.4, -0.2) is 30.6 Å². The third kappa shape index (κ3) is 4.43. The second-order valence-electron chi connectivity index (χ2n) is 5.52. The van der Waals surface area contributed by atoms with Gasteiger partial charge in [-0.05, 0) is 79.6 Å². The Morgan fingerprint density at radius 2 is 2.11 bits per heavy atom. The minimum atomic E-state index is 0.513. The van der Waals surface area contributed by atoms with E-state index in [4.69, 9.17) is 0 Å². The number of hydrogen-bond acceptors (Lipinski definition) is 2.